The minimum absolute atomic E-state index is 0.755. The molecule has 1 unspecified atom stereocenters. The van der Waals surface area contributed by atoms with Crippen molar-refractivity contribution in [2.24, 2.45) is 5.92 Å². The smallest absolute Gasteiger partial charge is 0.00235 e. The first kappa shape index (κ1) is 10.3. The van der Waals surface area contributed by atoms with Gasteiger partial charge in [-0.1, -0.05) is 50.1 Å². The van der Waals surface area contributed by atoms with Gasteiger partial charge in [0.05, 0.1) is 0 Å². The van der Waals surface area contributed by atoms with Gasteiger partial charge in [-0.3, -0.25) is 0 Å². The molecule has 13 heavy (non-hydrogen) atoms. The van der Waals surface area contributed by atoms with Crippen molar-refractivity contribution in [3.63, 3.8) is 0 Å². The minimum atomic E-state index is 0.755. The average molecular weight is 176 g/mol. The fraction of sp³-hybridized carbons (Fsp3) is 0.538. The topological polar surface area (TPSA) is 0 Å². The zero-order valence-corrected chi connectivity index (χ0v) is 9.01. The molecule has 72 valence electrons. The molecule has 0 N–H and O–H groups in total. The van der Waals surface area contributed by atoms with Gasteiger partial charge in [-0.2, -0.15) is 0 Å². The third-order valence-corrected chi connectivity index (χ3v) is 2.45. The summed E-state index contributed by atoms with van der Waals surface area (Å²) in [5, 5.41) is 0. The van der Waals surface area contributed by atoms with Crippen molar-refractivity contribution in [2.45, 2.75) is 40.0 Å². The molecule has 0 fully saturated rings. The zero-order chi connectivity index (χ0) is 9.68. The Morgan fingerprint density at radius 3 is 2.62 bits per heavy atom. The van der Waals surface area contributed by atoms with Gasteiger partial charge in [0, 0.05) is 5.92 Å². The monoisotopic (exact) mass is 176 g/mol. The second kappa shape index (κ2) is 5.06. The van der Waals surface area contributed by atoms with Crippen molar-refractivity contribution >= 4 is 0 Å². The highest BCUT2D eigenvalue weighted by Gasteiger charge is 2.19. The number of fused-ring (bicyclic) bond motifs is 1. The van der Waals surface area contributed by atoms with Crippen LogP contribution >= 0.6 is 0 Å². The van der Waals surface area contributed by atoms with Crippen LogP contribution in [-0.4, -0.2) is 0 Å². The Balaban J connectivity index is 0.000000251. The average Bonchev–Trinajstić information content (AvgIpc) is 2.50. The van der Waals surface area contributed by atoms with Crippen LogP contribution in [0.4, 0.5) is 0 Å². The third kappa shape index (κ3) is 2.58. The van der Waals surface area contributed by atoms with E-state index in [1.807, 2.05) is 0 Å². The summed E-state index contributed by atoms with van der Waals surface area (Å²) in [4.78, 5) is 0. The molecule has 0 heterocycles. The van der Waals surface area contributed by atoms with Crippen LogP contribution in [0, 0.1) is 5.92 Å². The molecule has 2 rings (SSSR count). The van der Waals surface area contributed by atoms with E-state index in [9.17, 15) is 0 Å². The summed E-state index contributed by atoms with van der Waals surface area (Å²) in [6.45, 7) is 6.50. The van der Waals surface area contributed by atoms with Crippen LogP contribution in [0.25, 0.3) is 0 Å². The first-order chi connectivity index (χ1) is 6.29. The second-order valence-electron chi connectivity index (χ2n) is 3.83. The first-order valence-electron chi connectivity index (χ1n) is 5.34. The van der Waals surface area contributed by atoms with Gasteiger partial charge in [-0.05, 0) is 25.3 Å². The Morgan fingerprint density at radius 1 is 1.31 bits per heavy atom. The molecule has 2 aliphatic carbocycles. The van der Waals surface area contributed by atoms with Crippen LogP contribution < -0.4 is 0 Å². The van der Waals surface area contributed by atoms with E-state index >= 15 is 0 Å². The van der Waals surface area contributed by atoms with E-state index in [1.165, 1.54) is 19.3 Å². The quantitative estimate of drug-likeness (QED) is 0.517. The second-order valence-corrected chi connectivity index (χ2v) is 3.83. The van der Waals surface area contributed by atoms with Crippen molar-refractivity contribution in [1.82, 2.24) is 0 Å². The molecular formula is C13H20. The van der Waals surface area contributed by atoms with Gasteiger partial charge in [0.1, 0.15) is 0 Å². The summed E-state index contributed by atoms with van der Waals surface area (Å²) >= 11 is 0. The molecule has 0 nitrogen and oxygen atoms in total. The fourth-order valence-electron chi connectivity index (χ4n) is 1.81. The lowest BCUT2D eigenvalue weighted by atomic mass is 9.96. The maximum atomic E-state index is 2.31. The number of hydrogen-bond donors (Lipinski definition) is 0. The van der Waals surface area contributed by atoms with Crippen LogP contribution in [0.15, 0.2) is 35.5 Å². The van der Waals surface area contributed by atoms with Gasteiger partial charge in [0.15, 0.2) is 0 Å². The minimum Gasteiger partial charge on any atom is -0.0770 e. The first-order valence-corrected chi connectivity index (χ1v) is 5.34. The lowest BCUT2D eigenvalue weighted by molar-refractivity contribution is 0.745. The molecule has 0 radical (unpaired) electrons. The molecular weight excluding hydrogens is 156 g/mol. The van der Waals surface area contributed by atoms with Crippen molar-refractivity contribution in [3.05, 3.63) is 35.5 Å². The molecule has 0 amide bonds. The van der Waals surface area contributed by atoms with Gasteiger partial charge in [0.2, 0.25) is 0 Å². The lowest BCUT2D eigenvalue weighted by Gasteiger charge is -2.08. The Hall–Kier alpha value is -0.780. The Labute approximate surface area is 82.0 Å². The van der Waals surface area contributed by atoms with Crippen LogP contribution in [0.5, 0.6) is 0 Å². The summed E-state index contributed by atoms with van der Waals surface area (Å²) in [7, 11) is 0. The molecule has 0 saturated heterocycles. The molecule has 0 aromatic heterocycles. The SMILES string of the molecule is CC1=C2C=CC=CC2CC1.CCC. The Morgan fingerprint density at radius 2 is 2.00 bits per heavy atom. The summed E-state index contributed by atoms with van der Waals surface area (Å²) < 4.78 is 0. The molecule has 2 aliphatic rings. The summed E-state index contributed by atoms with van der Waals surface area (Å²) in [6, 6.07) is 0. The maximum Gasteiger partial charge on any atom is 0.00235 e. The van der Waals surface area contributed by atoms with E-state index in [0.29, 0.717) is 0 Å². The Bertz CT molecular complexity index is 241. The fourth-order valence-corrected chi connectivity index (χ4v) is 1.81. The van der Waals surface area contributed by atoms with Crippen LogP contribution in [0.3, 0.4) is 0 Å². The Kier molecular flexibility index (Phi) is 4.01. The summed E-state index contributed by atoms with van der Waals surface area (Å²) in [6.07, 6.45) is 12.8. The predicted molar refractivity (Wildman–Crippen MR) is 59.7 cm³/mol. The largest absolute Gasteiger partial charge is 0.0770 e. The molecule has 0 saturated carbocycles. The van der Waals surface area contributed by atoms with E-state index in [2.05, 4.69) is 45.1 Å². The lowest BCUT2D eigenvalue weighted by Crippen LogP contribution is -1.94. The van der Waals surface area contributed by atoms with E-state index in [-0.39, 0.29) is 0 Å². The van der Waals surface area contributed by atoms with Crippen LogP contribution in [-0.2, 0) is 0 Å². The summed E-state index contributed by atoms with van der Waals surface area (Å²) in [5.74, 6) is 0.755. The molecule has 0 heteroatoms. The van der Waals surface area contributed by atoms with Crippen LogP contribution in [0.2, 0.25) is 0 Å². The highest BCUT2D eigenvalue weighted by molar-refractivity contribution is 5.39. The highest BCUT2D eigenvalue weighted by atomic mass is 14.2. The molecule has 0 aliphatic heterocycles. The number of rotatable bonds is 0. The predicted octanol–water partition coefficient (Wildman–Crippen LogP) is 4.26. The van der Waals surface area contributed by atoms with Crippen molar-refractivity contribution in [3.8, 4) is 0 Å². The molecule has 1 atom stereocenters. The van der Waals surface area contributed by atoms with Crippen LogP contribution in [0.1, 0.15) is 40.0 Å². The highest BCUT2D eigenvalue weighted by Crippen LogP contribution is 2.34. The number of allylic oxidation sites excluding steroid dienone is 6. The van der Waals surface area contributed by atoms with Gasteiger partial charge in [0.25, 0.3) is 0 Å². The van der Waals surface area contributed by atoms with E-state index in [4.69, 9.17) is 0 Å². The normalized spacial score (nSPS) is 24.1. The molecule has 0 bridgehead atoms. The summed E-state index contributed by atoms with van der Waals surface area (Å²) in [5.41, 5.74) is 3.16. The molecule has 0 aromatic carbocycles. The van der Waals surface area contributed by atoms with Crippen molar-refractivity contribution < 1.29 is 0 Å². The van der Waals surface area contributed by atoms with Crippen molar-refractivity contribution in [1.29, 1.82) is 0 Å². The van der Waals surface area contributed by atoms with E-state index < -0.39 is 0 Å². The zero-order valence-electron chi connectivity index (χ0n) is 9.01. The van der Waals surface area contributed by atoms with E-state index in [0.717, 1.165) is 5.92 Å². The third-order valence-electron chi connectivity index (χ3n) is 2.45. The number of hydrogen-bond acceptors (Lipinski definition) is 0. The maximum absolute atomic E-state index is 2.31. The molecule has 0 aromatic rings. The van der Waals surface area contributed by atoms with Crippen molar-refractivity contribution in [2.75, 3.05) is 0 Å². The van der Waals surface area contributed by atoms with Gasteiger partial charge in [-0.25, -0.2) is 0 Å². The molecule has 0 spiro atoms. The van der Waals surface area contributed by atoms with Gasteiger partial charge < -0.3 is 0 Å². The van der Waals surface area contributed by atoms with Gasteiger partial charge >= 0.3 is 0 Å². The van der Waals surface area contributed by atoms with E-state index in [1.54, 1.807) is 11.1 Å². The van der Waals surface area contributed by atoms with Gasteiger partial charge in [-0.15, -0.1) is 0 Å². The standard InChI is InChI=1S/C10H12.C3H8/c1-8-6-7-9-4-2-3-5-10(8)9;1-3-2/h2-5,9H,6-7H2,1H3;3H2,1-2H3.